The lowest BCUT2D eigenvalue weighted by atomic mass is 9.43. The number of amides is 4. The fraction of sp³-hybridized carbons (Fsp3) is 0.404. The lowest BCUT2D eigenvalue weighted by Gasteiger charge is -2.65. The van der Waals surface area contributed by atoms with E-state index in [4.69, 9.17) is 14.0 Å². The maximum atomic E-state index is 14.4. The number of nitrogens with zero attached hydrogens (tertiary/aromatic N) is 5. The van der Waals surface area contributed by atoms with Crippen molar-refractivity contribution in [2.75, 3.05) is 13.1 Å². The van der Waals surface area contributed by atoms with Gasteiger partial charge in [0, 0.05) is 49.2 Å². The van der Waals surface area contributed by atoms with Gasteiger partial charge in [-0.2, -0.15) is 0 Å². The molecular formula is C57H66BN9O9. The predicted octanol–water partition coefficient (Wildman–Crippen LogP) is 7.74. The smallest absolute Gasteiger partial charge is 0.481 e. The van der Waals surface area contributed by atoms with Gasteiger partial charge in [0.05, 0.1) is 29.4 Å². The highest BCUT2D eigenvalue weighted by atomic mass is 16.7. The number of hydrogen-bond donors (Lipinski definition) is 6. The van der Waals surface area contributed by atoms with Gasteiger partial charge in [0.1, 0.15) is 34.7 Å². The minimum atomic E-state index is -0.926. The number of carbonyl (C=O) groups excluding carboxylic acids is 4. The molecule has 19 heteroatoms. The van der Waals surface area contributed by atoms with E-state index in [2.05, 4.69) is 69.1 Å². The quantitative estimate of drug-likeness (QED) is 0.0402. The summed E-state index contributed by atoms with van der Waals surface area (Å²) in [4.78, 5) is 62.8. The summed E-state index contributed by atoms with van der Waals surface area (Å²) >= 11 is 0. The molecule has 6 N–H and O–H groups in total. The number of phenolic OH excluding ortho intramolecular Hbond substituents is 2. The molecule has 3 heterocycles. The number of carbonyl (C=O) groups is 4. The van der Waals surface area contributed by atoms with Crippen molar-refractivity contribution in [2.24, 2.45) is 23.2 Å². The molecule has 4 aliphatic rings. The van der Waals surface area contributed by atoms with E-state index in [9.17, 15) is 29.4 Å². The summed E-state index contributed by atoms with van der Waals surface area (Å²) in [6.07, 6.45) is 7.13. The minimum absolute atomic E-state index is 0.00910. The first-order chi connectivity index (χ1) is 36.4. The van der Waals surface area contributed by atoms with Crippen LogP contribution >= 0.6 is 0 Å². The van der Waals surface area contributed by atoms with E-state index in [0.29, 0.717) is 65.7 Å². The van der Waals surface area contributed by atoms with Gasteiger partial charge in [-0.1, -0.05) is 71.9 Å². The van der Waals surface area contributed by atoms with Crippen molar-refractivity contribution < 1.29 is 43.4 Å². The van der Waals surface area contributed by atoms with Crippen LogP contribution in [-0.2, 0) is 20.5 Å². The van der Waals surface area contributed by atoms with Gasteiger partial charge in [-0.05, 0) is 127 Å². The van der Waals surface area contributed by atoms with Crippen molar-refractivity contribution >= 4 is 30.7 Å². The highest BCUT2D eigenvalue weighted by molar-refractivity contribution is 6.48. The van der Waals surface area contributed by atoms with Crippen LogP contribution in [0.5, 0.6) is 23.0 Å². The van der Waals surface area contributed by atoms with Gasteiger partial charge in [0.15, 0.2) is 5.82 Å². The van der Waals surface area contributed by atoms with Crippen molar-refractivity contribution in [2.45, 2.75) is 110 Å². The van der Waals surface area contributed by atoms with Gasteiger partial charge in [0.2, 0.25) is 11.7 Å². The number of phenols is 2. The summed E-state index contributed by atoms with van der Waals surface area (Å²) in [5.74, 6) is -0.477. The largest absolute Gasteiger partial charge is 0.508 e. The Hall–Kier alpha value is -7.64. The zero-order chi connectivity index (χ0) is 53.9. The second kappa shape index (κ2) is 22.3. The van der Waals surface area contributed by atoms with Crippen LogP contribution in [0.4, 0.5) is 0 Å². The Morgan fingerprint density at radius 2 is 1.57 bits per heavy atom. The molecule has 10 rings (SSSR count). The summed E-state index contributed by atoms with van der Waals surface area (Å²) in [6.45, 7) is 15.0. The van der Waals surface area contributed by atoms with E-state index >= 15 is 0 Å². The van der Waals surface area contributed by atoms with Gasteiger partial charge in [-0.15, -0.1) is 10.2 Å². The topological polar surface area (TPSA) is 241 Å². The summed E-state index contributed by atoms with van der Waals surface area (Å²) in [5, 5.41) is 42.0. The average Bonchev–Trinajstić information content (AvgIpc) is 4.14. The number of benzene rings is 4. The lowest BCUT2D eigenvalue weighted by Crippen LogP contribution is -2.67. The maximum absolute atomic E-state index is 14.4. The molecule has 0 radical (unpaired) electrons. The number of nitrogens with one attached hydrogen (secondary N) is 4. The lowest BCUT2D eigenvalue weighted by molar-refractivity contribution is -0.209. The van der Waals surface area contributed by atoms with E-state index in [0.717, 1.165) is 18.4 Å². The van der Waals surface area contributed by atoms with Crippen LogP contribution in [-0.4, -0.2) is 102 Å². The van der Waals surface area contributed by atoms with Crippen molar-refractivity contribution in [1.82, 2.24) is 46.0 Å². The third-order valence-electron chi connectivity index (χ3n) is 15.3. The molecule has 4 amide bonds. The number of ether oxygens (including phenoxy) is 1. The summed E-state index contributed by atoms with van der Waals surface area (Å²) in [5.41, 5.74) is 2.12. The Bertz CT molecular complexity index is 3050. The number of rotatable bonds is 20. The van der Waals surface area contributed by atoms with Crippen LogP contribution in [0.3, 0.4) is 0 Å². The highest BCUT2D eigenvalue weighted by Gasteiger charge is 2.70. The van der Waals surface area contributed by atoms with Crippen molar-refractivity contribution in [3.8, 4) is 40.1 Å². The number of aromatic hydroxyl groups is 2. The fourth-order valence-electron chi connectivity index (χ4n) is 11.2. The fourth-order valence-corrected chi connectivity index (χ4v) is 11.2. The highest BCUT2D eigenvalue weighted by Crippen LogP contribution is 2.67. The summed E-state index contributed by atoms with van der Waals surface area (Å²) < 4.78 is 21.7. The maximum Gasteiger partial charge on any atom is 0.481 e. The first kappa shape index (κ1) is 53.2. The number of aromatic nitrogens is 5. The molecule has 396 valence electrons. The molecule has 1 aliphatic heterocycles. The Labute approximate surface area is 442 Å². The van der Waals surface area contributed by atoms with Crippen molar-refractivity contribution in [3.63, 3.8) is 0 Å². The standard InChI is InChI=1S/C57H66BN9O9/c1-8-60-55(73)51-66-65-50(42-30-41(34(4)5)45(68)31-46(42)69)67(51)38-16-20-40(21-17-38)74-39-18-14-36(15-19-39)52(70)62-23-22-57-47-28-37(56(47,6)7)29-48(57)75-58(76-57)49(26-33(2)3)64-53(71)43(27-35-12-10-9-11-13-35)63-54(72)44-32-59-24-25-61-44/h9-21,24-25,30-34,37,43,47-49,68-69H,8,22-23,26-29H2,1-7H3,(H,60,73)(H,62,70)(H,63,72)(H,64,71)/t37-,43-,47-,48-,49+,57+/m0/s1. The molecule has 4 aromatic carbocycles. The van der Waals surface area contributed by atoms with E-state index in [1.807, 2.05) is 44.2 Å². The molecule has 0 unspecified atom stereocenters. The molecule has 4 fully saturated rings. The van der Waals surface area contributed by atoms with E-state index in [1.54, 1.807) is 66.1 Å². The second-order valence-corrected chi connectivity index (χ2v) is 21.4. The van der Waals surface area contributed by atoms with Gasteiger partial charge >= 0.3 is 7.12 Å². The zero-order valence-electron chi connectivity index (χ0n) is 43.9. The van der Waals surface area contributed by atoms with Crippen LogP contribution in [0.25, 0.3) is 17.1 Å². The molecule has 18 nitrogen and oxygen atoms in total. The van der Waals surface area contributed by atoms with E-state index in [1.165, 1.54) is 24.7 Å². The first-order valence-electron chi connectivity index (χ1n) is 26.2. The monoisotopic (exact) mass is 1030 g/mol. The van der Waals surface area contributed by atoms with Crippen LogP contribution in [0.2, 0.25) is 0 Å². The molecule has 1 saturated heterocycles. The van der Waals surface area contributed by atoms with Crippen LogP contribution in [0.1, 0.15) is 123 Å². The summed E-state index contributed by atoms with van der Waals surface area (Å²) in [7, 11) is -0.762. The van der Waals surface area contributed by atoms with Crippen molar-refractivity contribution in [3.05, 3.63) is 138 Å². The van der Waals surface area contributed by atoms with Crippen LogP contribution in [0.15, 0.2) is 110 Å². The first-order valence-corrected chi connectivity index (χ1v) is 26.2. The van der Waals surface area contributed by atoms with E-state index in [-0.39, 0.29) is 76.3 Å². The van der Waals surface area contributed by atoms with Gasteiger partial charge in [0.25, 0.3) is 17.7 Å². The molecular weight excluding hydrogens is 965 g/mol. The third-order valence-corrected chi connectivity index (χ3v) is 15.3. The molecule has 6 aromatic rings. The normalized spacial score (nSPS) is 20.0. The Morgan fingerprint density at radius 3 is 2.22 bits per heavy atom. The molecule has 3 saturated carbocycles. The Kier molecular flexibility index (Phi) is 15.6. The zero-order valence-corrected chi connectivity index (χ0v) is 43.9. The Balaban J connectivity index is 0.863. The van der Waals surface area contributed by atoms with Crippen molar-refractivity contribution in [1.29, 1.82) is 0 Å². The second-order valence-electron chi connectivity index (χ2n) is 21.4. The average molecular weight is 1030 g/mol. The summed E-state index contributed by atoms with van der Waals surface area (Å²) in [6, 6.07) is 25.3. The third kappa shape index (κ3) is 11.0. The Morgan fingerprint density at radius 1 is 0.842 bits per heavy atom. The minimum Gasteiger partial charge on any atom is -0.508 e. The number of hydrogen-bond acceptors (Lipinski definition) is 13. The molecule has 2 bridgehead atoms. The van der Waals surface area contributed by atoms with Gasteiger partial charge in [-0.3, -0.25) is 28.7 Å². The van der Waals surface area contributed by atoms with Crippen LogP contribution < -0.4 is 26.0 Å². The molecule has 76 heavy (non-hydrogen) atoms. The van der Waals surface area contributed by atoms with Gasteiger partial charge < -0.3 is 45.5 Å². The molecule has 0 spiro atoms. The predicted molar refractivity (Wildman–Crippen MR) is 285 cm³/mol. The SMILES string of the molecule is CCNC(=O)c1nnc(-c2cc(C(C)C)c(O)cc2O)n1-c1ccc(Oc2ccc(C(=O)NCC[C@]34OB([C@@H](CC(C)C)NC(=O)[C@H](Cc5ccccc5)NC(=O)c5cnccn5)O[C@H]3C[C@@H]3C[C@H]4C3(C)C)cc2)cc1. The van der Waals surface area contributed by atoms with Crippen LogP contribution in [0, 0.1) is 23.2 Å². The molecule has 2 aromatic heterocycles. The molecule has 6 atom stereocenters. The van der Waals surface area contributed by atoms with Gasteiger partial charge in [-0.25, -0.2) is 4.98 Å². The molecule has 3 aliphatic carbocycles. The van der Waals surface area contributed by atoms with E-state index < -0.39 is 36.5 Å².